The van der Waals surface area contributed by atoms with E-state index < -0.39 is 28.3 Å². The van der Waals surface area contributed by atoms with Gasteiger partial charge >= 0.3 is 0 Å². The number of hydrogen-bond donors (Lipinski definition) is 1. The lowest BCUT2D eigenvalue weighted by Crippen LogP contribution is -2.41. The highest BCUT2D eigenvalue weighted by molar-refractivity contribution is 7.93. The van der Waals surface area contributed by atoms with Crippen LogP contribution in [0.2, 0.25) is 0 Å². The summed E-state index contributed by atoms with van der Waals surface area (Å²) in [5, 5.41) is 2.71. The molecule has 0 bridgehead atoms. The van der Waals surface area contributed by atoms with Crippen molar-refractivity contribution in [3.8, 4) is 5.75 Å². The molecule has 2 aromatic carbocycles. The van der Waals surface area contributed by atoms with Crippen LogP contribution in [0.4, 0.5) is 10.1 Å². The molecular weight excluding hydrogens is 383 g/mol. The van der Waals surface area contributed by atoms with E-state index in [9.17, 15) is 17.6 Å². The lowest BCUT2D eigenvalue weighted by atomic mass is 10.2. The van der Waals surface area contributed by atoms with Crippen LogP contribution in [0.15, 0.2) is 47.4 Å². The Morgan fingerprint density at radius 2 is 1.82 bits per heavy atom. The maximum atomic E-state index is 13.4. The van der Waals surface area contributed by atoms with Crippen LogP contribution in [0.1, 0.15) is 19.4 Å². The predicted molar refractivity (Wildman–Crippen MR) is 107 cm³/mol. The third-order valence-electron chi connectivity index (χ3n) is 4.00. The van der Waals surface area contributed by atoms with Crippen molar-refractivity contribution in [2.24, 2.45) is 5.92 Å². The SMILES string of the molecule is COc1ccc(C)cc1S(=O)(=O)N(CC(=O)NCC(C)C)c1ccc(F)cc1. The Kier molecular flexibility index (Phi) is 7.01. The van der Waals surface area contributed by atoms with Crippen molar-refractivity contribution < 1.29 is 22.3 Å². The minimum Gasteiger partial charge on any atom is -0.495 e. The van der Waals surface area contributed by atoms with Crippen LogP contribution in [-0.2, 0) is 14.8 Å². The first kappa shape index (κ1) is 21.7. The summed E-state index contributed by atoms with van der Waals surface area (Å²) in [7, 11) is -2.76. The second-order valence-electron chi connectivity index (χ2n) is 6.84. The third kappa shape index (κ3) is 5.22. The van der Waals surface area contributed by atoms with E-state index >= 15 is 0 Å². The number of halogens is 1. The Labute approximate surface area is 165 Å². The Morgan fingerprint density at radius 3 is 2.39 bits per heavy atom. The van der Waals surface area contributed by atoms with Crippen LogP contribution >= 0.6 is 0 Å². The summed E-state index contributed by atoms with van der Waals surface area (Å²) in [4.78, 5) is 12.3. The molecule has 0 saturated heterocycles. The number of benzene rings is 2. The molecule has 0 aliphatic carbocycles. The lowest BCUT2D eigenvalue weighted by molar-refractivity contribution is -0.119. The molecule has 0 aliphatic heterocycles. The molecule has 28 heavy (non-hydrogen) atoms. The van der Waals surface area contributed by atoms with Gasteiger partial charge in [-0.25, -0.2) is 12.8 Å². The molecule has 1 amide bonds. The number of methoxy groups -OCH3 is 1. The molecule has 0 aromatic heterocycles. The number of carbonyl (C=O) groups excluding carboxylic acids is 1. The molecule has 0 heterocycles. The van der Waals surface area contributed by atoms with Crippen LogP contribution in [0.5, 0.6) is 5.75 Å². The largest absolute Gasteiger partial charge is 0.495 e. The second-order valence-corrected chi connectivity index (χ2v) is 8.67. The van der Waals surface area contributed by atoms with Crippen LogP contribution in [0.3, 0.4) is 0 Å². The van der Waals surface area contributed by atoms with Crippen molar-refractivity contribution in [2.45, 2.75) is 25.7 Å². The zero-order valence-corrected chi connectivity index (χ0v) is 17.2. The summed E-state index contributed by atoms with van der Waals surface area (Å²) >= 11 is 0. The number of nitrogens with one attached hydrogen (secondary N) is 1. The minimum absolute atomic E-state index is 0.0593. The molecule has 0 spiro atoms. The summed E-state index contributed by atoms with van der Waals surface area (Å²) in [6.07, 6.45) is 0. The average molecular weight is 408 g/mol. The molecule has 6 nitrogen and oxygen atoms in total. The zero-order chi connectivity index (χ0) is 20.9. The van der Waals surface area contributed by atoms with Gasteiger partial charge in [-0.15, -0.1) is 0 Å². The number of amides is 1. The van der Waals surface area contributed by atoms with Gasteiger partial charge in [-0.3, -0.25) is 9.10 Å². The first-order valence-corrected chi connectivity index (χ1v) is 10.3. The minimum atomic E-state index is -4.14. The smallest absolute Gasteiger partial charge is 0.268 e. The van der Waals surface area contributed by atoms with Gasteiger partial charge in [0.25, 0.3) is 10.0 Å². The van der Waals surface area contributed by atoms with Crippen molar-refractivity contribution in [1.82, 2.24) is 5.32 Å². The van der Waals surface area contributed by atoms with Gasteiger partial charge in [-0.1, -0.05) is 19.9 Å². The third-order valence-corrected chi connectivity index (χ3v) is 5.79. The van der Waals surface area contributed by atoms with E-state index in [0.29, 0.717) is 6.54 Å². The van der Waals surface area contributed by atoms with E-state index in [2.05, 4.69) is 5.32 Å². The highest BCUT2D eigenvalue weighted by atomic mass is 32.2. The normalized spacial score (nSPS) is 11.4. The van der Waals surface area contributed by atoms with Crippen molar-refractivity contribution >= 4 is 21.6 Å². The van der Waals surface area contributed by atoms with Gasteiger partial charge in [0.15, 0.2) is 0 Å². The number of rotatable bonds is 8. The zero-order valence-electron chi connectivity index (χ0n) is 16.4. The predicted octanol–water partition coefficient (Wildman–Crippen LogP) is 3.11. The van der Waals surface area contributed by atoms with E-state index in [1.807, 2.05) is 13.8 Å². The summed E-state index contributed by atoms with van der Waals surface area (Å²) in [6, 6.07) is 9.72. The van der Waals surface area contributed by atoms with Gasteiger partial charge in [0, 0.05) is 6.54 Å². The van der Waals surface area contributed by atoms with E-state index in [-0.39, 0.29) is 22.3 Å². The van der Waals surface area contributed by atoms with Crippen LogP contribution < -0.4 is 14.4 Å². The van der Waals surface area contributed by atoms with Gasteiger partial charge in [0.2, 0.25) is 5.91 Å². The molecule has 0 unspecified atom stereocenters. The van der Waals surface area contributed by atoms with E-state index in [4.69, 9.17) is 4.74 Å². The standard InChI is InChI=1S/C20H25FN2O4S/c1-14(2)12-22-20(24)13-23(17-8-6-16(21)7-9-17)28(25,26)19-11-15(3)5-10-18(19)27-4/h5-11,14H,12-13H2,1-4H3,(H,22,24). The molecule has 0 aliphatic rings. The maximum absolute atomic E-state index is 13.4. The van der Waals surface area contributed by atoms with E-state index in [0.717, 1.165) is 22.0 Å². The first-order chi connectivity index (χ1) is 13.1. The number of aryl methyl sites for hydroxylation is 1. The Morgan fingerprint density at radius 1 is 1.18 bits per heavy atom. The topological polar surface area (TPSA) is 75.7 Å². The molecule has 152 valence electrons. The molecule has 0 radical (unpaired) electrons. The first-order valence-electron chi connectivity index (χ1n) is 8.84. The molecule has 2 rings (SSSR count). The maximum Gasteiger partial charge on any atom is 0.268 e. The fourth-order valence-electron chi connectivity index (χ4n) is 2.53. The summed E-state index contributed by atoms with van der Waals surface area (Å²) < 4.78 is 46.3. The molecular formula is C20H25FN2O4S. The second kappa shape index (κ2) is 9.05. The number of sulfonamides is 1. The molecule has 0 fully saturated rings. The quantitative estimate of drug-likeness (QED) is 0.728. The molecule has 1 N–H and O–H groups in total. The van der Waals surface area contributed by atoms with E-state index in [1.54, 1.807) is 19.1 Å². The van der Waals surface area contributed by atoms with Gasteiger partial charge in [-0.05, 0) is 54.8 Å². The molecule has 0 saturated carbocycles. The Bertz CT molecular complexity index is 928. The summed E-state index contributed by atoms with van der Waals surface area (Å²) in [5.41, 5.74) is 0.910. The van der Waals surface area contributed by atoms with Crippen molar-refractivity contribution in [1.29, 1.82) is 0 Å². The average Bonchev–Trinajstić information content (AvgIpc) is 2.65. The fourth-order valence-corrected chi connectivity index (χ4v) is 4.20. The van der Waals surface area contributed by atoms with Crippen molar-refractivity contribution in [2.75, 3.05) is 24.5 Å². The molecule has 0 atom stereocenters. The summed E-state index contributed by atoms with van der Waals surface area (Å²) in [6.45, 7) is 5.62. The van der Waals surface area contributed by atoms with Gasteiger partial charge in [0.05, 0.1) is 12.8 Å². The van der Waals surface area contributed by atoms with Gasteiger partial charge < -0.3 is 10.1 Å². The van der Waals surface area contributed by atoms with Crippen LogP contribution in [-0.4, -0.2) is 34.5 Å². The van der Waals surface area contributed by atoms with E-state index in [1.165, 1.54) is 25.3 Å². The number of anilines is 1. The summed E-state index contributed by atoms with van der Waals surface area (Å²) in [5.74, 6) is -0.566. The van der Waals surface area contributed by atoms with Crippen LogP contribution in [0.25, 0.3) is 0 Å². The highest BCUT2D eigenvalue weighted by Gasteiger charge is 2.30. The number of carbonyl (C=O) groups is 1. The van der Waals surface area contributed by atoms with Gasteiger partial charge in [-0.2, -0.15) is 0 Å². The van der Waals surface area contributed by atoms with Crippen LogP contribution in [0, 0.1) is 18.7 Å². The Balaban J connectivity index is 2.49. The van der Waals surface area contributed by atoms with Crippen molar-refractivity contribution in [3.05, 3.63) is 53.8 Å². The highest BCUT2D eigenvalue weighted by Crippen LogP contribution is 2.30. The number of nitrogens with zero attached hydrogens (tertiary/aromatic N) is 1. The monoisotopic (exact) mass is 408 g/mol. The fraction of sp³-hybridized carbons (Fsp3) is 0.350. The lowest BCUT2D eigenvalue weighted by Gasteiger charge is -2.25. The Hall–Kier alpha value is -2.61. The van der Waals surface area contributed by atoms with Crippen molar-refractivity contribution in [3.63, 3.8) is 0 Å². The molecule has 8 heteroatoms. The number of hydrogen-bond acceptors (Lipinski definition) is 4. The molecule has 2 aromatic rings. The van der Waals surface area contributed by atoms with Gasteiger partial charge in [0.1, 0.15) is 23.0 Å². The number of ether oxygens (including phenoxy) is 1.